The first-order valence-corrected chi connectivity index (χ1v) is 10.7. The van der Waals surface area contributed by atoms with Gasteiger partial charge in [-0.25, -0.2) is 8.42 Å². The standard InChI is InChI=1S/C20H20N4O5S/c1-12-4-6-16(13(2)8-12)23-30(26,27)15-5-7-18-17(9-15)24(20(25)11-28-18)10-19-21-14(3)29-22-19/h4-9,23H,10-11H2,1-3H3. The Kier molecular flexibility index (Phi) is 4.94. The molecule has 0 bridgehead atoms. The van der Waals surface area contributed by atoms with E-state index in [0.717, 1.165) is 11.1 Å². The second-order valence-corrected chi connectivity index (χ2v) is 8.73. The Morgan fingerprint density at radius 1 is 1.13 bits per heavy atom. The van der Waals surface area contributed by atoms with Crippen LogP contribution in [-0.2, 0) is 21.4 Å². The first-order valence-electron chi connectivity index (χ1n) is 9.19. The summed E-state index contributed by atoms with van der Waals surface area (Å²) >= 11 is 0. The van der Waals surface area contributed by atoms with Crippen LogP contribution in [0.2, 0.25) is 0 Å². The fraction of sp³-hybridized carbons (Fsp3) is 0.250. The zero-order chi connectivity index (χ0) is 21.5. The second-order valence-electron chi connectivity index (χ2n) is 7.05. The summed E-state index contributed by atoms with van der Waals surface area (Å²) in [6.45, 7) is 5.30. The van der Waals surface area contributed by atoms with E-state index in [1.54, 1.807) is 13.0 Å². The Labute approximate surface area is 173 Å². The van der Waals surface area contributed by atoms with Crippen LogP contribution >= 0.6 is 0 Å². The predicted molar refractivity (Wildman–Crippen MR) is 109 cm³/mol. The topological polar surface area (TPSA) is 115 Å². The normalized spacial score (nSPS) is 13.7. The fourth-order valence-electron chi connectivity index (χ4n) is 3.20. The van der Waals surface area contributed by atoms with E-state index in [0.29, 0.717) is 28.8 Å². The molecule has 0 unspecified atom stereocenters. The first kappa shape index (κ1) is 19.9. The third-order valence-corrected chi connectivity index (χ3v) is 6.04. The van der Waals surface area contributed by atoms with Gasteiger partial charge in [-0.05, 0) is 43.7 Å². The van der Waals surface area contributed by atoms with Crippen LogP contribution in [0.25, 0.3) is 0 Å². The minimum Gasteiger partial charge on any atom is -0.482 e. The molecule has 0 aliphatic carbocycles. The maximum atomic E-state index is 13.0. The van der Waals surface area contributed by atoms with Crippen LogP contribution in [0.4, 0.5) is 11.4 Å². The first-order chi connectivity index (χ1) is 14.2. The van der Waals surface area contributed by atoms with Crippen molar-refractivity contribution in [3.8, 4) is 5.75 Å². The van der Waals surface area contributed by atoms with Crippen molar-refractivity contribution in [2.45, 2.75) is 32.2 Å². The van der Waals surface area contributed by atoms with Crippen LogP contribution < -0.4 is 14.4 Å². The molecule has 0 saturated carbocycles. The molecule has 3 aromatic rings. The molecule has 2 aromatic carbocycles. The molecule has 156 valence electrons. The number of nitrogens with zero attached hydrogens (tertiary/aromatic N) is 3. The Morgan fingerprint density at radius 3 is 2.63 bits per heavy atom. The Hall–Kier alpha value is -3.40. The van der Waals surface area contributed by atoms with E-state index in [2.05, 4.69) is 14.9 Å². The van der Waals surface area contributed by atoms with E-state index < -0.39 is 10.0 Å². The number of ether oxygens (including phenoxy) is 1. The van der Waals surface area contributed by atoms with Gasteiger partial charge in [0.25, 0.3) is 15.9 Å². The van der Waals surface area contributed by atoms with Crippen molar-refractivity contribution in [2.75, 3.05) is 16.2 Å². The highest BCUT2D eigenvalue weighted by Crippen LogP contribution is 2.35. The van der Waals surface area contributed by atoms with Crippen LogP contribution in [0.5, 0.6) is 5.75 Å². The summed E-state index contributed by atoms with van der Waals surface area (Å²) in [6.07, 6.45) is 0. The number of carbonyl (C=O) groups is 1. The lowest BCUT2D eigenvalue weighted by Crippen LogP contribution is -2.38. The summed E-state index contributed by atoms with van der Waals surface area (Å²) < 4.78 is 39.0. The van der Waals surface area contributed by atoms with Crippen molar-refractivity contribution in [3.63, 3.8) is 0 Å². The Bertz CT molecular complexity index is 1240. The number of benzene rings is 2. The second kappa shape index (κ2) is 7.45. The van der Waals surface area contributed by atoms with Gasteiger partial charge in [0, 0.05) is 6.92 Å². The lowest BCUT2D eigenvalue weighted by Gasteiger charge is -2.28. The number of rotatable bonds is 5. The van der Waals surface area contributed by atoms with Crippen molar-refractivity contribution in [3.05, 3.63) is 59.2 Å². The number of hydrogen-bond donors (Lipinski definition) is 1. The highest BCUT2D eigenvalue weighted by atomic mass is 32.2. The van der Waals surface area contributed by atoms with Crippen molar-refractivity contribution >= 4 is 27.3 Å². The summed E-state index contributed by atoms with van der Waals surface area (Å²) in [6, 6.07) is 9.83. The molecule has 30 heavy (non-hydrogen) atoms. The van der Waals surface area contributed by atoms with Gasteiger partial charge in [-0.15, -0.1) is 0 Å². The predicted octanol–water partition coefficient (Wildman–Crippen LogP) is 2.72. The quantitative estimate of drug-likeness (QED) is 0.664. The minimum absolute atomic E-state index is 0.00816. The molecule has 10 heteroatoms. The lowest BCUT2D eigenvalue weighted by atomic mass is 10.1. The Morgan fingerprint density at radius 2 is 1.93 bits per heavy atom. The highest BCUT2D eigenvalue weighted by molar-refractivity contribution is 7.92. The number of hydrogen-bond acceptors (Lipinski definition) is 7. The summed E-state index contributed by atoms with van der Waals surface area (Å²) in [5.74, 6) is 0.761. The summed E-state index contributed by atoms with van der Waals surface area (Å²) in [5, 5.41) is 3.81. The molecule has 1 aliphatic rings. The molecule has 1 aliphatic heterocycles. The number of carbonyl (C=O) groups excluding carboxylic acids is 1. The van der Waals surface area contributed by atoms with E-state index in [-0.39, 0.29) is 24.0 Å². The third-order valence-electron chi connectivity index (χ3n) is 4.68. The summed E-state index contributed by atoms with van der Waals surface area (Å²) in [7, 11) is -3.89. The van der Waals surface area contributed by atoms with Crippen molar-refractivity contribution in [2.24, 2.45) is 0 Å². The number of anilines is 2. The van der Waals surface area contributed by atoms with Gasteiger partial charge >= 0.3 is 0 Å². The maximum Gasteiger partial charge on any atom is 0.265 e. The van der Waals surface area contributed by atoms with Gasteiger partial charge in [0.15, 0.2) is 12.4 Å². The molecular formula is C20H20N4O5S. The van der Waals surface area contributed by atoms with Gasteiger partial charge in [-0.2, -0.15) is 4.98 Å². The average Bonchev–Trinajstić information content (AvgIpc) is 3.11. The van der Waals surface area contributed by atoms with Crippen LogP contribution in [0.3, 0.4) is 0 Å². The fourth-order valence-corrected chi connectivity index (χ4v) is 4.35. The number of fused-ring (bicyclic) bond motifs is 1. The SMILES string of the molecule is Cc1ccc(NS(=O)(=O)c2ccc3c(c2)N(Cc2noc(C)n2)C(=O)CO3)c(C)c1. The molecular weight excluding hydrogens is 408 g/mol. The largest absolute Gasteiger partial charge is 0.482 e. The Balaban J connectivity index is 1.68. The summed E-state index contributed by atoms with van der Waals surface area (Å²) in [5.41, 5.74) is 2.67. The van der Waals surface area contributed by atoms with Crippen LogP contribution in [0.15, 0.2) is 45.8 Å². The van der Waals surface area contributed by atoms with Crippen LogP contribution in [-0.4, -0.2) is 31.1 Å². The van der Waals surface area contributed by atoms with E-state index >= 15 is 0 Å². The molecule has 1 N–H and O–H groups in total. The molecule has 1 aromatic heterocycles. The molecule has 2 heterocycles. The smallest absolute Gasteiger partial charge is 0.265 e. The minimum atomic E-state index is -3.89. The number of nitrogens with one attached hydrogen (secondary N) is 1. The van der Waals surface area contributed by atoms with Gasteiger partial charge in [0.1, 0.15) is 5.75 Å². The van der Waals surface area contributed by atoms with Gasteiger partial charge in [0.2, 0.25) is 5.89 Å². The zero-order valence-electron chi connectivity index (χ0n) is 16.7. The zero-order valence-corrected chi connectivity index (χ0v) is 17.5. The van der Waals surface area contributed by atoms with E-state index in [1.807, 2.05) is 26.0 Å². The van der Waals surface area contributed by atoms with Crippen molar-refractivity contribution in [1.82, 2.24) is 10.1 Å². The number of aryl methyl sites for hydroxylation is 3. The van der Waals surface area contributed by atoms with E-state index in [1.165, 1.54) is 23.1 Å². The van der Waals surface area contributed by atoms with Crippen LogP contribution in [0.1, 0.15) is 22.8 Å². The van der Waals surface area contributed by atoms with Gasteiger partial charge < -0.3 is 9.26 Å². The average molecular weight is 428 g/mol. The molecule has 0 saturated heterocycles. The van der Waals surface area contributed by atoms with Crippen molar-refractivity contribution in [1.29, 1.82) is 0 Å². The lowest BCUT2D eigenvalue weighted by molar-refractivity contribution is -0.121. The number of sulfonamides is 1. The molecule has 0 spiro atoms. The van der Waals surface area contributed by atoms with E-state index in [9.17, 15) is 13.2 Å². The van der Waals surface area contributed by atoms with Gasteiger partial charge in [0.05, 0.1) is 22.8 Å². The van der Waals surface area contributed by atoms with Gasteiger partial charge in [-0.1, -0.05) is 22.9 Å². The highest BCUT2D eigenvalue weighted by Gasteiger charge is 2.29. The molecule has 4 rings (SSSR count). The number of aromatic nitrogens is 2. The molecule has 9 nitrogen and oxygen atoms in total. The monoisotopic (exact) mass is 428 g/mol. The van der Waals surface area contributed by atoms with Gasteiger partial charge in [-0.3, -0.25) is 14.4 Å². The molecule has 0 fully saturated rings. The van der Waals surface area contributed by atoms with E-state index in [4.69, 9.17) is 9.26 Å². The molecule has 1 amide bonds. The van der Waals surface area contributed by atoms with Crippen molar-refractivity contribution < 1.29 is 22.5 Å². The third kappa shape index (κ3) is 3.86. The molecule has 0 atom stereocenters. The van der Waals surface area contributed by atoms with Crippen LogP contribution in [0, 0.1) is 20.8 Å². The summed E-state index contributed by atoms with van der Waals surface area (Å²) in [4.78, 5) is 18.0. The maximum absolute atomic E-state index is 13.0. The molecule has 0 radical (unpaired) electrons. The number of amides is 1.